The Labute approximate surface area is 134 Å². The quantitative estimate of drug-likeness (QED) is 0.369. The molecule has 0 spiro atoms. The van der Waals surface area contributed by atoms with Crippen LogP contribution in [0.2, 0.25) is 0 Å². The largest absolute Gasteiger partial charge is 0.409 e. The van der Waals surface area contributed by atoms with Crippen molar-refractivity contribution in [3.05, 3.63) is 28.2 Å². The van der Waals surface area contributed by atoms with E-state index in [1.165, 1.54) is 19.4 Å². The van der Waals surface area contributed by atoms with Crippen LogP contribution in [0.15, 0.2) is 27.8 Å². The van der Waals surface area contributed by atoms with E-state index in [-0.39, 0.29) is 5.84 Å². The molecule has 0 bridgehead atoms. The number of anilines is 1. The summed E-state index contributed by atoms with van der Waals surface area (Å²) in [5.41, 5.74) is 7.53. The fourth-order valence-corrected chi connectivity index (χ4v) is 3.39. The van der Waals surface area contributed by atoms with E-state index >= 15 is 0 Å². The number of amidine groups is 1. The van der Waals surface area contributed by atoms with Crippen molar-refractivity contribution in [1.29, 1.82) is 0 Å². The van der Waals surface area contributed by atoms with Gasteiger partial charge in [0.25, 0.3) is 0 Å². The molecule has 5 nitrogen and oxygen atoms in total. The molecule has 2 rings (SSSR count). The van der Waals surface area contributed by atoms with Crippen molar-refractivity contribution >= 4 is 27.5 Å². The maximum atomic E-state index is 8.97. The predicted octanol–water partition coefficient (Wildman–Crippen LogP) is 2.46. The summed E-state index contributed by atoms with van der Waals surface area (Å²) >= 11 is 3.43. The average molecular weight is 355 g/mol. The molecule has 1 aromatic rings. The summed E-state index contributed by atoms with van der Waals surface area (Å²) in [6, 6.07) is 6.44. The number of hydrogen-bond acceptors (Lipinski definition) is 4. The van der Waals surface area contributed by atoms with Gasteiger partial charge in [0.2, 0.25) is 0 Å². The van der Waals surface area contributed by atoms with Crippen molar-refractivity contribution in [2.45, 2.75) is 25.8 Å². The number of likely N-dealkylation sites (N-methyl/N-ethyl adjacent to an activating group) is 2. The minimum Gasteiger partial charge on any atom is -0.409 e. The third kappa shape index (κ3) is 3.68. The molecule has 1 aliphatic heterocycles. The fraction of sp³-hybridized carbons (Fsp3) is 0.533. The second-order valence-corrected chi connectivity index (χ2v) is 6.37. The van der Waals surface area contributed by atoms with Gasteiger partial charge in [-0.2, -0.15) is 0 Å². The summed E-state index contributed by atoms with van der Waals surface area (Å²) < 4.78 is 0.914. The number of benzene rings is 1. The third-order valence-corrected chi connectivity index (χ3v) is 4.64. The molecule has 0 amide bonds. The first-order valence-corrected chi connectivity index (χ1v) is 8.08. The van der Waals surface area contributed by atoms with E-state index in [2.05, 4.69) is 44.9 Å². The zero-order valence-corrected chi connectivity index (χ0v) is 14.2. The van der Waals surface area contributed by atoms with Gasteiger partial charge >= 0.3 is 0 Å². The molecule has 3 N–H and O–H groups in total. The summed E-state index contributed by atoms with van der Waals surface area (Å²) in [6.45, 7) is 5.43. The second-order valence-electron chi connectivity index (χ2n) is 5.45. The normalized spacial score (nSPS) is 20.0. The monoisotopic (exact) mass is 354 g/mol. The zero-order chi connectivity index (χ0) is 15.4. The molecule has 116 valence electrons. The molecule has 21 heavy (non-hydrogen) atoms. The minimum atomic E-state index is 0.136. The van der Waals surface area contributed by atoms with Crippen LogP contribution >= 0.6 is 15.9 Å². The lowest BCUT2D eigenvalue weighted by Gasteiger charge is -2.30. The van der Waals surface area contributed by atoms with E-state index in [1.54, 1.807) is 0 Å². The van der Waals surface area contributed by atoms with Crippen molar-refractivity contribution in [3.63, 3.8) is 0 Å². The molecule has 0 radical (unpaired) electrons. The van der Waals surface area contributed by atoms with Crippen LogP contribution in [-0.2, 0) is 0 Å². The van der Waals surface area contributed by atoms with Crippen molar-refractivity contribution in [3.8, 4) is 0 Å². The van der Waals surface area contributed by atoms with Crippen molar-refractivity contribution < 1.29 is 5.21 Å². The molecular weight excluding hydrogens is 332 g/mol. The van der Waals surface area contributed by atoms with Gasteiger partial charge in [0.05, 0.1) is 0 Å². The van der Waals surface area contributed by atoms with Gasteiger partial charge < -0.3 is 15.8 Å². The first kappa shape index (κ1) is 16.1. The summed E-state index contributed by atoms with van der Waals surface area (Å²) in [6.07, 6.45) is 2.49. The average Bonchev–Trinajstić information content (AvgIpc) is 2.93. The van der Waals surface area contributed by atoms with Gasteiger partial charge in [-0.15, -0.1) is 0 Å². The molecule has 1 atom stereocenters. The topological polar surface area (TPSA) is 65.1 Å². The Hall–Kier alpha value is -1.27. The number of halogens is 1. The van der Waals surface area contributed by atoms with Gasteiger partial charge in [0.15, 0.2) is 5.84 Å². The van der Waals surface area contributed by atoms with Crippen LogP contribution in [0.5, 0.6) is 0 Å². The predicted molar refractivity (Wildman–Crippen MR) is 90.2 cm³/mol. The summed E-state index contributed by atoms with van der Waals surface area (Å²) in [4.78, 5) is 4.71. The summed E-state index contributed by atoms with van der Waals surface area (Å²) in [5.74, 6) is 0.136. The fourth-order valence-electron chi connectivity index (χ4n) is 3.03. The number of nitrogens with two attached hydrogens (primary N) is 1. The highest BCUT2D eigenvalue weighted by molar-refractivity contribution is 9.10. The van der Waals surface area contributed by atoms with E-state index in [1.807, 2.05) is 18.2 Å². The number of rotatable bonds is 5. The summed E-state index contributed by atoms with van der Waals surface area (Å²) in [7, 11) is 2.06. The van der Waals surface area contributed by atoms with E-state index in [0.717, 1.165) is 28.8 Å². The lowest BCUT2D eigenvalue weighted by molar-refractivity contribution is 0.270. The standard InChI is InChI=1S/C15H23BrN4O/c1-3-20-8-4-5-12(20)10-19(2)14-7-6-11(16)9-13(14)15(17)18-21/h6-7,9,12,21H,3-5,8,10H2,1-2H3,(H2,17,18). The van der Waals surface area contributed by atoms with Crippen LogP contribution in [0.1, 0.15) is 25.3 Å². The molecule has 1 aliphatic rings. The maximum absolute atomic E-state index is 8.97. The first-order chi connectivity index (χ1) is 10.1. The Morgan fingerprint density at radius 2 is 2.33 bits per heavy atom. The second kappa shape index (κ2) is 7.13. The molecule has 1 fully saturated rings. The number of nitrogens with zero attached hydrogens (tertiary/aromatic N) is 3. The molecule has 6 heteroatoms. The SMILES string of the molecule is CCN1CCCC1CN(C)c1ccc(Br)cc1/C(N)=N/O. The Bertz CT molecular complexity index is 520. The van der Waals surface area contributed by atoms with Crippen LogP contribution in [0.4, 0.5) is 5.69 Å². The van der Waals surface area contributed by atoms with Crippen LogP contribution in [0.3, 0.4) is 0 Å². The van der Waals surface area contributed by atoms with Crippen LogP contribution < -0.4 is 10.6 Å². The number of oxime groups is 1. The van der Waals surface area contributed by atoms with Gasteiger partial charge in [-0.25, -0.2) is 0 Å². The Kier molecular flexibility index (Phi) is 5.47. The van der Waals surface area contributed by atoms with Gasteiger partial charge in [-0.05, 0) is 44.1 Å². The van der Waals surface area contributed by atoms with Crippen molar-refractivity contribution in [2.24, 2.45) is 10.9 Å². The highest BCUT2D eigenvalue weighted by Gasteiger charge is 2.25. The molecular formula is C15H23BrN4O. The highest BCUT2D eigenvalue weighted by atomic mass is 79.9. The van der Waals surface area contributed by atoms with E-state index < -0.39 is 0 Å². The molecule has 1 aromatic carbocycles. The van der Waals surface area contributed by atoms with E-state index in [4.69, 9.17) is 10.9 Å². The van der Waals surface area contributed by atoms with Crippen LogP contribution in [-0.4, -0.2) is 48.7 Å². The van der Waals surface area contributed by atoms with Gasteiger partial charge in [-0.3, -0.25) is 4.90 Å². The third-order valence-electron chi connectivity index (χ3n) is 4.14. The zero-order valence-electron chi connectivity index (χ0n) is 12.6. The van der Waals surface area contributed by atoms with Crippen LogP contribution in [0, 0.1) is 0 Å². The summed E-state index contributed by atoms with van der Waals surface area (Å²) in [5, 5.41) is 12.1. The lowest BCUT2D eigenvalue weighted by atomic mass is 10.1. The first-order valence-electron chi connectivity index (χ1n) is 7.29. The molecule has 1 saturated heterocycles. The Morgan fingerprint density at radius 3 is 3.00 bits per heavy atom. The van der Waals surface area contributed by atoms with E-state index in [0.29, 0.717) is 6.04 Å². The number of likely N-dealkylation sites (tertiary alicyclic amines) is 1. The van der Waals surface area contributed by atoms with Crippen molar-refractivity contribution in [1.82, 2.24) is 4.90 Å². The van der Waals surface area contributed by atoms with Crippen molar-refractivity contribution in [2.75, 3.05) is 31.6 Å². The van der Waals surface area contributed by atoms with Gasteiger partial charge in [0, 0.05) is 35.4 Å². The lowest BCUT2D eigenvalue weighted by Crippen LogP contribution is -2.39. The molecule has 0 aliphatic carbocycles. The Balaban J connectivity index is 2.20. The van der Waals surface area contributed by atoms with Crippen LogP contribution in [0.25, 0.3) is 0 Å². The Morgan fingerprint density at radius 1 is 1.57 bits per heavy atom. The van der Waals surface area contributed by atoms with Gasteiger partial charge in [-0.1, -0.05) is 28.0 Å². The molecule has 0 aromatic heterocycles. The molecule has 0 saturated carbocycles. The number of hydrogen-bond donors (Lipinski definition) is 2. The minimum absolute atomic E-state index is 0.136. The molecule has 1 heterocycles. The van der Waals surface area contributed by atoms with E-state index in [9.17, 15) is 0 Å². The smallest absolute Gasteiger partial charge is 0.172 e. The highest BCUT2D eigenvalue weighted by Crippen LogP contribution is 2.26. The van der Waals surface area contributed by atoms with Gasteiger partial charge in [0.1, 0.15) is 0 Å². The molecule has 1 unspecified atom stereocenters. The maximum Gasteiger partial charge on any atom is 0.172 e.